The minimum Gasteiger partial charge on any atom is -0.481 e. The quantitative estimate of drug-likeness (QED) is 0.649. The van der Waals surface area contributed by atoms with Crippen LogP contribution in [0, 0.1) is 5.92 Å². The van der Waals surface area contributed by atoms with Crippen LogP contribution in [0.5, 0.6) is 0 Å². The van der Waals surface area contributed by atoms with Gasteiger partial charge in [0.05, 0.1) is 12.5 Å². The van der Waals surface area contributed by atoms with Gasteiger partial charge in [0, 0.05) is 26.1 Å². The summed E-state index contributed by atoms with van der Waals surface area (Å²) in [4.78, 5) is 38.8. The lowest BCUT2D eigenvalue weighted by atomic mass is 9.94. The fraction of sp³-hybridized carbons (Fsp3) is 0.423. The molecule has 0 spiro atoms. The Kier molecular flexibility index (Phi) is 6.88. The van der Waals surface area contributed by atoms with Crippen molar-refractivity contribution in [1.82, 2.24) is 10.2 Å². The Morgan fingerprint density at radius 2 is 1.59 bits per heavy atom. The monoisotopic (exact) mass is 466 g/mol. The molecule has 34 heavy (non-hydrogen) atoms. The molecule has 8 heteroatoms. The van der Waals surface area contributed by atoms with Gasteiger partial charge in [-0.2, -0.15) is 0 Å². The molecule has 1 saturated heterocycles. The van der Waals surface area contributed by atoms with E-state index in [4.69, 9.17) is 9.47 Å². The number of ether oxygens (including phenoxy) is 2. The number of nitrogens with zero attached hydrogens (tertiary/aromatic N) is 1. The van der Waals surface area contributed by atoms with E-state index >= 15 is 0 Å². The van der Waals surface area contributed by atoms with Gasteiger partial charge >= 0.3 is 12.1 Å². The number of hydrogen-bond acceptors (Lipinski definition) is 5. The molecule has 1 fully saturated rings. The molecule has 4 rings (SSSR count). The van der Waals surface area contributed by atoms with Gasteiger partial charge in [-0.25, -0.2) is 4.79 Å². The van der Waals surface area contributed by atoms with E-state index in [9.17, 15) is 19.5 Å². The summed E-state index contributed by atoms with van der Waals surface area (Å²) < 4.78 is 10.9. The average molecular weight is 467 g/mol. The Balaban J connectivity index is 1.42. The van der Waals surface area contributed by atoms with Gasteiger partial charge in [0.25, 0.3) is 5.91 Å². The molecule has 1 unspecified atom stereocenters. The molecule has 2 aliphatic rings. The molecular weight excluding hydrogens is 436 g/mol. The van der Waals surface area contributed by atoms with Gasteiger partial charge in [0.2, 0.25) is 0 Å². The lowest BCUT2D eigenvalue weighted by Crippen LogP contribution is -2.61. The summed E-state index contributed by atoms with van der Waals surface area (Å²) >= 11 is 0. The highest BCUT2D eigenvalue weighted by Gasteiger charge is 2.41. The lowest BCUT2D eigenvalue weighted by Gasteiger charge is -2.37. The number of carbonyl (C=O) groups excluding carboxylic acids is 2. The minimum absolute atomic E-state index is 0.0328. The Hall–Kier alpha value is -3.39. The predicted molar refractivity (Wildman–Crippen MR) is 125 cm³/mol. The Morgan fingerprint density at radius 1 is 1.03 bits per heavy atom. The summed E-state index contributed by atoms with van der Waals surface area (Å²) in [5.74, 6) is -1.69. The smallest absolute Gasteiger partial charge is 0.408 e. The summed E-state index contributed by atoms with van der Waals surface area (Å²) in [5.41, 5.74) is 3.16. The first-order chi connectivity index (χ1) is 16.3. The number of methoxy groups -OCH3 is 1. The van der Waals surface area contributed by atoms with Crippen LogP contribution in [-0.4, -0.2) is 66.9 Å². The standard InChI is InChI=1S/C26H30N2O6/c1-26(16-33-2,24(31)28-13-11-17(12-14-28)23(29)30)27-25(32)34-15-22-20-9-5-3-7-18(20)19-8-4-6-10-21(19)22/h3-10,17,22H,11-16H2,1-2H3,(H,27,32)(H,29,30). The van der Waals surface area contributed by atoms with Gasteiger partial charge in [-0.3, -0.25) is 9.59 Å². The lowest BCUT2D eigenvalue weighted by molar-refractivity contribution is -0.148. The summed E-state index contributed by atoms with van der Waals surface area (Å²) in [7, 11) is 1.46. The van der Waals surface area contributed by atoms with Crippen molar-refractivity contribution in [1.29, 1.82) is 0 Å². The molecule has 1 aliphatic heterocycles. The van der Waals surface area contributed by atoms with Gasteiger partial charge in [-0.1, -0.05) is 48.5 Å². The van der Waals surface area contributed by atoms with Crippen molar-refractivity contribution in [3.8, 4) is 11.1 Å². The molecule has 8 nitrogen and oxygen atoms in total. The van der Waals surface area contributed by atoms with Gasteiger partial charge in [0.1, 0.15) is 12.1 Å². The maximum atomic E-state index is 13.2. The van der Waals surface area contributed by atoms with E-state index in [0.717, 1.165) is 22.3 Å². The van der Waals surface area contributed by atoms with Crippen molar-refractivity contribution in [2.24, 2.45) is 5.92 Å². The molecule has 2 aromatic rings. The normalized spacial score (nSPS) is 17.4. The largest absolute Gasteiger partial charge is 0.481 e. The van der Waals surface area contributed by atoms with Gasteiger partial charge < -0.3 is 24.8 Å². The number of aliphatic carboxylic acids is 1. The molecular formula is C26H30N2O6. The second-order valence-electron chi connectivity index (χ2n) is 9.12. The van der Waals surface area contributed by atoms with Crippen molar-refractivity contribution >= 4 is 18.0 Å². The first kappa shape index (κ1) is 23.8. The van der Waals surface area contributed by atoms with Crippen LogP contribution in [0.25, 0.3) is 11.1 Å². The predicted octanol–water partition coefficient (Wildman–Crippen LogP) is 3.25. The highest BCUT2D eigenvalue weighted by Crippen LogP contribution is 2.44. The highest BCUT2D eigenvalue weighted by atomic mass is 16.5. The molecule has 0 bridgehead atoms. The third-order valence-corrected chi connectivity index (χ3v) is 6.76. The summed E-state index contributed by atoms with van der Waals surface area (Å²) in [6.07, 6.45) is 0.0691. The number of amides is 2. The summed E-state index contributed by atoms with van der Waals surface area (Å²) in [6, 6.07) is 16.1. The topological polar surface area (TPSA) is 105 Å². The fourth-order valence-corrected chi connectivity index (χ4v) is 4.98. The maximum Gasteiger partial charge on any atom is 0.408 e. The number of carboxylic acids is 1. The van der Waals surface area contributed by atoms with Crippen molar-refractivity contribution in [2.45, 2.75) is 31.2 Å². The number of hydrogen-bond donors (Lipinski definition) is 2. The van der Waals surface area contributed by atoms with E-state index in [2.05, 4.69) is 17.4 Å². The second kappa shape index (κ2) is 9.85. The van der Waals surface area contributed by atoms with Crippen molar-refractivity contribution in [3.05, 3.63) is 59.7 Å². The minimum atomic E-state index is -1.33. The third-order valence-electron chi connectivity index (χ3n) is 6.76. The molecule has 1 atom stereocenters. The van der Waals surface area contributed by atoms with Crippen LogP contribution >= 0.6 is 0 Å². The van der Waals surface area contributed by atoms with E-state index in [1.54, 1.807) is 11.8 Å². The number of benzene rings is 2. The van der Waals surface area contributed by atoms with E-state index in [1.807, 2.05) is 36.4 Å². The van der Waals surface area contributed by atoms with Crippen molar-refractivity contribution in [2.75, 3.05) is 33.4 Å². The van der Waals surface area contributed by atoms with Gasteiger partial charge in [0.15, 0.2) is 0 Å². The fourth-order valence-electron chi connectivity index (χ4n) is 4.98. The van der Waals surface area contributed by atoms with E-state index in [0.29, 0.717) is 25.9 Å². The van der Waals surface area contributed by atoms with Crippen LogP contribution in [0.2, 0.25) is 0 Å². The number of piperidine rings is 1. The first-order valence-electron chi connectivity index (χ1n) is 11.5. The number of fused-ring (bicyclic) bond motifs is 3. The van der Waals surface area contributed by atoms with Crippen molar-refractivity contribution < 1.29 is 29.0 Å². The number of carboxylic acid groups (broad SMARTS) is 1. The van der Waals surface area contributed by atoms with E-state index in [1.165, 1.54) is 7.11 Å². The Bertz CT molecular complexity index is 1030. The van der Waals surface area contributed by atoms with Crippen molar-refractivity contribution in [3.63, 3.8) is 0 Å². The third kappa shape index (κ3) is 4.63. The number of rotatable bonds is 7. The zero-order chi connectivity index (χ0) is 24.3. The van der Waals surface area contributed by atoms with E-state index in [-0.39, 0.29) is 25.0 Å². The van der Waals surface area contributed by atoms with Crippen LogP contribution in [0.4, 0.5) is 4.79 Å². The molecule has 0 radical (unpaired) electrons. The van der Waals surface area contributed by atoms with Gasteiger partial charge in [-0.15, -0.1) is 0 Å². The number of nitrogens with one attached hydrogen (secondary N) is 1. The molecule has 0 saturated carbocycles. The Morgan fingerprint density at radius 3 is 2.12 bits per heavy atom. The van der Waals surface area contributed by atoms with E-state index < -0.39 is 23.5 Å². The second-order valence-corrected chi connectivity index (χ2v) is 9.12. The molecule has 180 valence electrons. The van der Waals surface area contributed by atoms with Crippen LogP contribution in [0.1, 0.15) is 36.8 Å². The van der Waals surface area contributed by atoms with Gasteiger partial charge in [-0.05, 0) is 42.0 Å². The SMILES string of the molecule is COCC(C)(NC(=O)OCC1c2ccccc2-c2ccccc21)C(=O)N1CCC(C(=O)O)CC1. The highest BCUT2D eigenvalue weighted by molar-refractivity contribution is 5.90. The average Bonchev–Trinajstić information content (AvgIpc) is 3.16. The number of likely N-dealkylation sites (tertiary alicyclic amines) is 1. The number of alkyl carbamates (subject to hydrolysis) is 1. The van der Waals surface area contributed by atoms with Crippen LogP contribution in [0.15, 0.2) is 48.5 Å². The number of carbonyl (C=O) groups is 3. The zero-order valence-corrected chi connectivity index (χ0v) is 19.5. The first-order valence-corrected chi connectivity index (χ1v) is 11.5. The molecule has 1 heterocycles. The van der Waals surface area contributed by atoms with Crippen LogP contribution in [-0.2, 0) is 19.1 Å². The van der Waals surface area contributed by atoms with Crippen LogP contribution < -0.4 is 5.32 Å². The molecule has 1 aliphatic carbocycles. The molecule has 0 aromatic heterocycles. The zero-order valence-electron chi connectivity index (χ0n) is 19.5. The summed E-state index contributed by atoms with van der Waals surface area (Å²) in [5, 5.41) is 11.9. The Labute approximate surface area is 198 Å². The molecule has 2 amide bonds. The van der Waals surface area contributed by atoms with Crippen LogP contribution in [0.3, 0.4) is 0 Å². The summed E-state index contributed by atoms with van der Waals surface area (Å²) in [6.45, 7) is 2.35. The molecule has 2 aromatic carbocycles. The maximum absolute atomic E-state index is 13.2. The molecule has 2 N–H and O–H groups in total.